The van der Waals surface area contributed by atoms with Crippen molar-refractivity contribution in [2.75, 3.05) is 13.2 Å². The van der Waals surface area contributed by atoms with Gasteiger partial charge in [-0.25, -0.2) is 0 Å². The van der Waals surface area contributed by atoms with E-state index in [4.69, 9.17) is 9.84 Å². The molecule has 0 bridgehead atoms. The summed E-state index contributed by atoms with van der Waals surface area (Å²) in [5, 5.41) is 19.2. The summed E-state index contributed by atoms with van der Waals surface area (Å²) in [5.74, 6) is 0.466. The number of nitro benzene ring substituents is 1. The van der Waals surface area contributed by atoms with Crippen LogP contribution in [-0.2, 0) is 0 Å². The fourth-order valence-corrected chi connectivity index (χ4v) is 1.41. The molecule has 1 rings (SSSR count). The number of non-ortho nitro benzene ring substituents is 1. The summed E-state index contributed by atoms with van der Waals surface area (Å²) in [6.07, 6.45) is 2.44. The molecule has 0 saturated carbocycles. The molecule has 0 aromatic heterocycles. The van der Waals surface area contributed by atoms with E-state index >= 15 is 0 Å². The van der Waals surface area contributed by atoms with Gasteiger partial charge in [0.15, 0.2) is 0 Å². The van der Waals surface area contributed by atoms with E-state index < -0.39 is 4.92 Å². The van der Waals surface area contributed by atoms with Crippen molar-refractivity contribution < 1.29 is 14.8 Å². The van der Waals surface area contributed by atoms with Crippen LogP contribution in [0, 0.1) is 17.0 Å². The number of aliphatic hydroxyl groups is 1. The number of unbranched alkanes of at least 4 members (excludes halogenated alkanes) is 2. The van der Waals surface area contributed by atoms with Crippen LogP contribution in [0.15, 0.2) is 18.2 Å². The average Bonchev–Trinajstić information content (AvgIpc) is 2.28. The normalized spacial score (nSPS) is 10.2. The number of nitro groups is 1. The monoisotopic (exact) mass is 238 g/mol. The molecule has 5 heteroatoms. The van der Waals surface area contributed by atoms with Crippen LogP contribution in [0.4, 0.5) is 5.69 Å². The fraction of sp³-hybridized carbons (Fsp3) is 0.417. The SMILES string of the molecule is [CH2]c1cc(OCCCCCO)cc([N+](=O)[O-])c1. The zero-order valence-electron chi connectivity index (χ0n) is 9.59. The second-order valence-corrected chi connectivity index (χ2v) is 3.73. The third kappa shape index (κ3) is 4.82. The lowest BCUT2D eigenvalue weighted by Gasteiger charge is -2.06. The van der Waals surface area contributed by atoms with Gasteiger partial charge in [-0.3, -0.25) is 10.1 Å². The number of ether oxygens (including phenoxy) is 1. The smallest absolute Gasteiger partial charge is 0.273 e. The lowest BCUT2D eigenvalue weighted by molar-refractivity contribution is -0.385. The van der Waals surface area contributed by atoms with Crippen LogP contribution in [0.5, 0.6) is 5.75 Å². The van der Waals surface area contributed by atoms with E-state index in [1.807, 2.05) is 0 Å². The van der Waals surface area contributed by atoms with Crippen LogP contribution < -0.4 is 4.74 Å². The Balaban J connectivity index is 2.50. The highest BCUT2D eigenvalue weighted by Crippen LogP contribution is 2.22. The van der Waals surface area contributed by atoms with Crippen molar-refractivity contribution in [1.82, 2.24) is 0 Å². The van der Waals surface area contributed by atoms with Crippen molar-refractivity contribution in [1.29, 1.82) is 0 Å². The number of aliphatic hydroxyl groups excluding tert-OH is 1. The first kappa shape index (κ1) is 13.4. The Bertz CT molecular complexity index is 379. The van der Waals surface area contributed by atoms with Crippen molar-refractivity contribution >= 4 is 5.69 Å². The minimum Gasteiger partial charge on any atom is -0.493 e. The Morgan fingerprint density at radius 3 is 2.71 bits per heavy atom. The quantitative estimate of drug-likeness (QED) is 0.449. The molecule has 0 heterocycles. The number of hydrogen-bond acceptors (Lipinski definition) is 4. The lowest BCUT2D eigenvalue weighted by Crippen LogP contribution is -1.99. The Morgan fingerprint density at radius 1 is 1.29 bits per heavy atom. The summed E-state index contributed by atoms with van der Waals surface area (Å²) >= 11 is 0. The Hall–Kier alpha value is -1.62. The van der Waals surface area contributed by atoms with E-state index in [2.05, 4.69) is 6.92 Å². The highest BCUT2D eigenvalue weighted by molar-refractivity contribution is 5.43. The van der Waals surface area contributed by atoms with E-state index in [0.717, 1.165) is 19.3 Å². The molecule has 17 heavy (non-hydrogen) atoms. The Kier molecular flexibility index (Phi) is 5.42. The molecule has 0 aliphatic rings. The van der Waals surface area contributed by atoms with Gasteiger partial charge in [-0.05, 0) is 37.8 Å². The molecular formula is C12H16NO4. The molecule has 0 fully saturated rings. The molecule has 0 saturated heterocycles. The van der Waals surface area contributed by atoms with E-state index in [1.165, 1.54) is 12.1 Å². The number of benzene rings is 1. The van der Waals surface area contributed by atoms with Gasteiger partial charge in [-0.2, -0.15) is 0 Å². The first-order chi connectivity index (χ1) is 8.13. The molecule has 1 radical (unpaired) electrons. The lowest BCUT2D eigenvalue weighted by atomic mass is 10.2. The molecule has 0 aliphatic carbocycles. The summed E-state index contributed by atoms with van der Waals surface area (Å²) in [6, 6.07) is 4.46. The summed E-state index contributed by atoms with van der Waals surface area (Å²) in [4.78, 5) is 10.1. The molecule has 0 amide bonds. The van der Waals surface area contributed by atoms with Crippen molar-refractivity contribution in [3.63, 3.8) is 0 Å². The predicted octanol–water partition coefficient (Wildman–Crippen LogP) is 2.32. The summed E-state index contributed by atoms with van der Waals surface area (Å²) in [6.45, 7) is 4.33. The van der Waals surface area contributed by atoms with Crippen molar-refractivity contribution in [3.8, 4) is 5.75 Å². The van der Waals surface area contributed by atoms with E-state index in [9.17, 15) is 10.1 Å². The van der Waals surface area contributed by atoms with Crippen LogP contribution in [0.1, 0.15) is 24.8 Å². The van der Waals surface area contributed by atoms with Gasteiger partial charge in [0.05, 0.1) is 17.6 Å². The minimum atomic E-state index is -0.465. The summed E-state index contributed by atoms with van der Waals surface area (Å²) in [5.41, 5.74) is 0.549. The highest BCUT2D eigenvalue weighted by atomic mass is 16.6. The zero-order chi connectivity index (χ0) is 12.7. The second-order valence-electron chi connectivity index (χ2n) is 3.73. The maximum atomic E-state index is 10.6. The average molecular weight is 238 g/mol. The maximum absolute atomic E-state index is 10.6. The van der Waals surface area contributed by atoms with Crippen molar-refractivity contribution in [3.05, 3.63) is 40.8 Å². The molecule has 1 aromatic rings. The van der Waals surface area contributed by atoms with Crippen LogP contribution in [0.3, 0.4) is 0 Å². The minimum absolute atomic E-state index is 0.0112. The number of rotatable bonds is 7. The molecule has 0 aliphatic heterocycles. The van der Waals surface area contributed by atoms with Crippen molar-refractivity contribution in [2.45, 2.75) is 19.3 Å². The molecule has 0 spiro atoms. The standard InChI is InChI=1S/C12H16NO4/c1-10-7-11(13(15)16)9-12(8-10)17-6-4-2-3-5-14/h7-9,14H,1-6H2. The van der Waals surface area contributed by atoms with E-state index in [0.29, 0.717) is 17.9 Å². The van der Waals surface area contributed by atoms with Gasteiger partial charge in [0.25, 0.3) is 5.69 Å². The van der Waals surface area contributed by atoms with Crippen LogP contribution in [0.25, 0.3) is 0 Å². The van der Waals surface area contributed by atoms with E-state index in [1.54, 1.807) is 6.07 Å². The highest BCUT2D eigenvalue weighted by Gasteiger charge is 2.08. The molecule has 93 valence electrons. The molecule has 1 aromatic carbocycles. The van der Waals surface area contributed by atoms with Crippen LogP contribution in [-0.4, -0.2) is 23.2 Å². The summed E-state index contributed by atoms with van der Waals surface area (Å²) in [7, 11) is 0. The van der Waals surface area contributed by atoms with Gasteiger partial charge in [-0.15, -0.1) is 0 Å². The van der Waals surface area contributed by atoms with Gasteiger partial charge in [0.1, 0.15) is 5.75 Å². The van der Waals surface area contributed by atoms with Crippen molar-refractivity contribution in [2.24, 2.45) is 0 Å². The molecule has 0 unspecified atom stereocenters. The van der Waals surface area contributed by atoms with Gasteiger partial charge < -0.3 is 9.84 Å². The second kappa shape index (κ2) is 6.85. The first-order valence-electron chi connectivity index (χ1n) is 5.48. The third-order valence-corrected chi connectivity index (χ3v) is 2.23. The molecule has 0 atom stereocenters. The Labute approximate surface area is 100 Å². The van der Waals surface area contributed by atoms with Crippen LogP contribution in [0.2, 0.25) is 0 Å². The van der Waals surface area contributed by atoms with Gasteiger partial charge in [0.2, 0.25) is 0 Å². The number of nitrogens with zero attached hydrogens (tertiary/aromatic N) is 1. The van der Waals surface area contributed by atoms with Crippen LogP contribution >= 0.6 is 0 Å². The molecule has 5 nitrogen and oxygen atoms in total. The zero-order valence-corrected chi connectivity index (χ0v) is 9.59. The van der Waals surface area contributed by atoms with Gasteiger partial charge in [0, 0.05) is 12.7 Å². The predicted molar refractivity (Wildman–Crippen MR) is 64.0 cm³/mol. The molecule has 1 N–H and O–H groups in total. The van der Waals surface area contributed by atoms with E-state index in [-0.39, 0.29) is 12.3 Å². The topological polar surface area (TPSA) is 72.6 Å². The largest absolute Gasteiger partial charge is 0.493 e. The number of hydrogen-bond donors (Lipinski definition) is 1. The molecular weight excluding hydrogens is 222 g/mol. The Morgan fingerprint density at radius 2 is 2.06 bits per heavy atom. The first-order valence-corrected chi connectivity index (χ1v) is 5.48. The fourth-order valence-electron chi connectivity index (χ4n) is 1.41. The third-order valence-electron chi connectivity index (χ3n) is 2.23. The summed E-state index contributed by atoms with van der Waals surface area (Å²) < 4.78 is 5.40. The van der Waals surface area contributed by atoms with Gasteiger partial charge in [-0.1, -0.05) is 0 Å². The maximum Gasteiger partial charge on any atom is 0.273 e. The van der Waals surface area contributed by atoms with Gasteiger partial charge >= 0.3 is 0 Å².